The van der Waals surface area contributed by atoms with E-state index in [9.17, 15) is 14.0 Å². The van der Waals surface area contributed by atoms with Gasteiger partial charge in [0.2, 0.25) is 5.91 Å². The number of carboxylic acid groups (broad SMARTS) is 1. The van der Waals surface area contributed by atoms with Crippen molar-refractivity contribution in [3.8, 4) is 0 Å². The molecule has 0 radical (unpaired) electrons. The van der Waals surface area contributed by atoms with Gasteiger partial charge in [0.25, 0.3) is 0 Å². The summed E-state index contributed by atoms with van der Waals surface area (Å²) in [6, 6.07) is 4.47. The van der Waals surface area contributed by atoms with Gasteiger partial charge < -0.3 is 10.0 Å². The molecule has 1 amide bonds. The Hall–Kier alpha value is -1.91. The Labute approximate surface area is 104 Å². The summed E-state index contributed by atoms with van der Waals surface area (Å²) < 4.78 is 13.7. The largest absolute Gasteiger partial charge is 0.481 e. The average molecular weight is 251 g/mol. The Kier molecular flexibility index (Phi) is 3.32. The fourth-order valence-corrected chi connectivity index (χ4v) is 2.11. The minimum absolute atomic E-state index is 0.0362. The van der Waals surface area contributed by atoms with Crippen LogP contribution in [0.2, 0.25) is 0 Å². The topological polar surface area (TPSA) is 57.6 Å². The quantitative estimate of drug-likeness (QED) is 0.874. The molecule has 1 aliphatic rings. The normalized spacial score (nSPS) is 20.0. The Balaban J connectivity index is 2.32. The molecule has 4 nitrogen and oxygen atoms in total. The third-order valence-corrected chi connectivity index (χ3v) is 3.15. The van der Waals surface area contributed by atoms with E-state index in [4.69, 9.17) is 5.11 Å². The van der Waals surface area contributed by atoms with Crippen LogP contribution in [-0.2, 0) is 9.59 Å². The molecule has 1 aliphatic heterocycles. The highest BCUT2D eigenvalue weighted by Crippen LogP contribution is 2.27. The molecular weight excluding hydrogens is 237 g/mol. The maximum Gasteiger partial charge on any atom is 0.308 e. The van der Waals surface area contributed by atoms with Crippen molar-refractivity contribution >= 4 is 17.6 Å². The molecule has 1 aromatic rings. The van der Waals surface area contributed by atoms with Crippen molar-refractivity contribution in [1.29, 1.82) is 0 Å². The third kappa shape index (κ3) is 2.34. The van der Waals surface area contributed by atoms with Gasteiger partial charge in [0.1, 0.15) is 5.82 Å². The standard InChI is InChI=1S/C13H14FNO3/c1-8-2-4-10(14)11(6-8)15-7-9(13(17)18)3-5-12(15)16/h2,4,6,9H,3,5,7H2,1H3,(H,17,18). The summed E-state index contributed by atoms with van der Waals surface area (Å²) in [6.45, 7) is 1.83. The van der Waals surface area contributed by atoms with Gasteiger partial charge in [0.05, 0.1) is 11.6 Å². The lowest BCUT2D eigenvalue weighted by atomic mass is 9.97. The molecule has 5 heteroatoms. The van der Waals surface area contributed by atoms with Gasteiger partial charge in [0, 0.05) is 13.0 Å². The minimum atomic E-state index is -0.944. The SMILES string of the molecule is Cc1ccc(F)c(N2CC(C(=O)O)CCC2=O)c1. The van der Waals surface area contributed by atoms with Gasteiger partial charge >= 0.3 is 5.97 Å². The number of hydrogen-bond acceptors (Lipinski definition) is 2. The number of hydrogen-bond donors (Lipinski definition) is 1. The van der Waals surface area contributed by atoms with E-state index in [0.717, 1.165) is 5.56 Å². The summed E-state index contributed by atoms with van der Waals surface area (Å²) in [5.41, 5.74) is 1.00. The second-order valence-electron chi connectivity index (χ2n) is 4.53. The van der Waals surface area contributed by atoms with Gasteiger partial charge in [-0.15, -0.1) is 0 Å². The lowest BCUT2D eigenvalue weighted by molar-refractivity contribution is -0.142. The number of carbonyl (C=O) groups is 2. The molecule has 1 heterocycles. The summed E-state index contributed by atoms with van der Waals surface area (Å²) in [5.74, 6) is -2.29. The van der Waals surface area contributed by atoms with Crippen molar-refractivity contribution in [1.82, 2.24) is 0 Å². The van der Waals surface area contributed by atoms with Crippen LogP contribution in [0.15, 0.2) is 18.2 Å². The summed E-state index contributed by atoms with van der Waals surface area (Å²) in [7, 11) is 0. The number of benzene rings is 1. The zero-order valence-corrected chi connectivity index (χ0v) is 10.0. The zero-order chi connectivity index (χ0) is 13.3. The van der Waals surface area contributed by atoms with Crippen LogP contribution in [-0.4, -0.2) is 23.5 Å². The smallest absolute Gasteiger partial charge is 0.308 e. The first kappa shape index (κ1) is 12.5. The van der Waals surface area contributed by atoms with E-state index in [0.29, 0.717) is 6.42 Å². The molecule has 1 atom stereocenters. The van der Waals surface area contributed by atoms with E-state index in [1.54, 1.807) is 19.1 Å². The molecule has 1 fully saturated rings. The van der Waals surface area contributed by atoms with Crippen molar-refractivity contribution in [3.63, 3.8) is 0 Å². The predicted molar refractivity (Wildman–Crippen MR) is 63.8 cm³/mol. The van der Waals surface area contributed by atoms with Crippen molar-refractivity contribution in [2.75, 3.05) is 11.4 Å². The maximum atomic E-state index is 13.7. The molecular formula is C13H14FNO3. The number of halogens is 1. The molecule has 1 aromatic carbocycles. The Morgan fingerprint density at radius 3 is 2.89 bits per heavy atom. The van der Waals surface area contributed by atoms with Crippen molar-refractivity contribution in [3.05, 3.63) is 29.6 Å². The molecule has 1 unspecified atom stereocenters. The third-order valence-electron chi connectivity index (χ3n) is 3.15. The Morgan fingerprint density at radius 1 is 1.50 bits per heavy atom. The number of aryl methyl sites for hydroxylation is 1. The van der Waals surface area contributed by atoms with Crippen LogP contribution < -0.4 is 4.90 Å². The molecule has 0 bridgehead atoms. The van der Waals surface area contributed by atoms with Crippen molar-refractivity contribution in [2.45, 2.75) is 19.8 Å². The summed E-state index contributed by atoms with van der Waals surface area (Å²) >= 11 is 0. The summed E-state index contributed by atoms with van der Waals surface area (Å²) in [6.07, 6.45) is 0.461. The van der Waals surface area contributed by atoms with E-state index in [1.165, 1.54) is 11.0 Å². The van der Waals surface area contributed by atoms with Crippen LogP contribution in [0.5, 0.6) is 0 Å². The van der Waals surface area contributed by atoms with Crippen LogP contribution in [0.1, 0.15) is 18.4 Å². The lowest BCUT2D eigenvalue weighted by Crippen LogP contribution is -2.43. The number of amides is 1. The fraction of sp³-hybridized carbons (Fsp3) is 0.385. The van der Waals surface area contributed by atoms with Crippen molar-refractivity contribution in [2.24, 2.45) is 5.92 Å². The molecule has 0 aromatic heterocycles. The Bertz CT molecular complexity index is 501. The number of piperidine rings is 1. The highest BCUT2D eigenvalue weighted by atomic mass is 19.1. The van der Waals surface area contributed by atoms with Crippen LogP contribution >= 0.6 is 0 Å². The highest BCUT2D eigenvalue weighted by molar-refractivity contribution is 5.95. The summed E-state index contributed by atoms with van der Waals surface area (Å²) in [4.78, 5) is 24.0. The first-order valence-electron chi connectivity index (χ1n) is 5.78. The zero-order valence-electron chi connectivity index (χ0n) is 10.0. The minimum Gasteiger partial charge on any atom is -0.481 e. The lowest BCUT2D eigenvalue weighted by Gasteiger charge is -2.31. The van der Waals surface area contributed by atoms with Gasteiger partial charge in [-0.05, 0) is 31.0 Å². The number of nitrogens with zero attached hydrogens (tertiary/aromatic N) is 1. The second kappa shape index (κ2) is 4.76. The number of anilines is 1. The van der Waals surface area contributed by atoms with E-state index < -0.39 is 17.7 Å². The monoisotopic (exact) mass is 251 g/mol. The molecule has 1 saturated heterocycles. The fourth-order valence-electron chi connectivity index (χ4n) is 2.11. The number of aliphatic carboxylic acids is 1. The summed E-state index contributed by atoms with van der Waals surface area (Å²) in [5, 5.41) is 8.98. The molecule has 18 heavy (non-hydrogen) atoms. The molecule has 0 spiro atoms. The molecule has 0 saturated carbocycles. The van der Waals surface area contributed by atoms with Gasteiger partial charge in [0.15, 0.2) is 0 Å². The van der Waals surface area contributed by atoms with E-state index >= 15 is 0 Å². The van der Waals surface area contributed by atoms with Crippen LogP contribution in [0.3, 0.4) is 0 Å². The van der Waals surface area contributed by atoms with Crippen molar-refractivity contribution < 1.29 is 19.1 Å². The van der Waals surface area contributed by atoms with Gasteiger partial charge in [-0.2, -0.15) is 0 Å². The van der Waals surface area contributed by atoms with E-state index in [-0.39, 0.29) is 24.6 Å². The molecule has 0 aliphatic carbocycles. The molecule has 96 valence electrons. The molecule has 2 rings (SSSR count). The van der Waals surface area contributed by atoms with Gasteiger partial charge in [-0.1, -0.05) is 6.07 Å². The number of carbonyl (C=O) groups excluding carboxylic acids is 1. The predicted octanol–water partition coefficient (Wildman–Crippen LogP) is 1.96. The number of carboxylic acids is 1. The van der Waals surface area contributed by atoms with Crippen LogP contribution in [0, 0.1) is 18.7 Å². The van der Waals surface area contributed by atoms with E-state index in [1.807, 2.05) is 0 Å². The van der Waals surface area contributed by atoms with Gasteiger partial charge in [-0.3, -0.25) is 9.59 Å². The van der Waals surface area contributed by atoms with E-state index in [2.05, 4.69) is 0 Å². The maximum absolute atomic E-state index is 13.7. The molecule has 1 N–H and O–H groups in total. The first-order chi connectivity index (χ1) is 8.49. The first-order valence-corrected chi connectivity index (χ1v) is 5.78. The second-order valence-corrected chi connectivity index (χ2v) is 4.53. The average Bonchev–Trinajstić information content (AvgIpc) is 2.33. The highest BCUT2D eigenvalue weighted by Gasteiger charge is 2.32. The Morgan fingerprint density at radius 2 is 2.22 bits per heavy atom. The van der Waals surface area contributed by atoms with Crippen LogP contribution in [0.25, 0.3) is 0 Å². The van der Waals surface area contributed by atoms with Crippen LogP contribution in [0.4, 0.5) is 10.1 Å². The van der Waals surface area contributed by atoms with Gasteiger partial charge in [-0.25, -0.2) is 4.39 Å². The number of rotatable bonds is 2.